The van der Waals surface area contributed by atoms with Crippen molar-refractivity contribution in [2.45, 2.75) is 25.5 Å². The van der Waals surface area contributed by atoms with Gasteiger partial charge in [-0.25, -0.2) is 9.78 Å². The molecule has 160 valence electrons. The lowest BCUT2D eigenvalue weighted by atomic mass is 9.91. The van der Waals surface area contributed by atoms with Crippen molar-refractivity contribution in [3.05, 3.63) is 95.2 Å². The Morgan fingerprint density at radius 1 is 1.00 bits per heavy atom. The minimum Gasteiger partial charge on any atom is -0.444 e. The number of benzene rings is 2. The van der Waals surface area contributed by atoms with Gasteiger partial charge >= 0.3 is 6.09 Å². The first-order valence-corrected chi connectivity index (χ1v) is 10.2. The van der Waals surface area contributed by atoms with Crippen LogP contribution in [-0.2, 0) is 4.74 Å². The molecule has 4 aromatic rings. The maximum Gasteiger partial charge on any atom is 0.415 e. The minimum atomic E-state index is -0.696. The molecule has 1 aliphatic heterocycles. The summed E-state index contributed by atoms with van der Waals surface area (Å²) in [6.07, 6.45) is 4.20. The molecule has 1 amide bonds. The number of pyridine rings is 1. The predicted octanol–water partition coefficient (Wildman–Crippen LogP) is 5.17. The largest absolute Gasteiger partial charge is 0.444 e. The second-order valence-electron chi connectivity index (χ2n) is 8.17. The summed E-state index contributed by atoms with van der Waals surface area (Å²) in [4.78, 5) is 33.8. The number of aromatic amines is 1. The highest BCUT2D eigenvalue weighted by Crippen LogP contribution is 2.43. The molecule has 0 aliphatic carbocycles. The van der Waals surface area contributed by atoms with Gasteiger partial charge in [-0.3, -0.25) is 9.69 Å². The van der Waals surface area contributed by atoms with Crippen LogP contribution in [0.3, 0.4) is 0 Å². The van der Waals surface area contributed by atoms with Gasteiger partial charge in [-0.1, -0.05) is 42.5 Å². The summed E-state index contributed by atoms with van der Waals surface area (Å²) in [5.41, 5.74) is 2.63. The van der Waals surface area contributed by atoms with E-state index in [1.165, 1.54) is 6.26 Å². The van der Waals surface area contributed by atoms with E-state index < -0.39 is 11.7 Å². The van der Waals surface area contributed by atoms with Gasteiger partial charge in [-0.2, -0.15) is 0 Å². The first-order chi connectivity index (χ1) is 15.4. The second kappa shape index (κ2) is 7.53. The topological polar surface area (TPSA) is 88.4 Å². The van der Waals surface area contributed by atoms with E-state index in [-0.39, 0.29) is 11.6 Å². The number of hydrogen-bond acceptors (Lipinski definition) is 5. The number of aromatic nitrogens is 2. The molecule has 1 N–H and O–H groups in total. The van der Waals surface area contributed by atoms with E-state index in [4.69, 9.17) is 9.15 Å². The van der Waals surface area contributed by atoms with Crippen molar-refractivity contribution in [3.8, 4) is 22.6 Å². The number of amides is 1. The fourth-order valence-electron chi connectivity index (χ4n) is 4.18. The Hall–Kier alpha value is -4.13. The smallest absolute Gasteiger partial charge is 0.415 e. The summed E-state index contributed by atoms with van der Waals surface area (Å²) in [7, 11) is 0. The predicted molar refractivity (Wildman–Crippen MR) is 120 cm³/mol. The number of carbonyl (C=O) groups excluding carboxylic acids is 1. The number of anilines is 1. The Labute approximate surface area is 184 Å². The molecule has 1 atom stereocenters. The second-order valence-corrected chi connectivity index (χ2v) is 8.17. The molecule has 0 bridgehead atoms. The van der Waals surface area contributed by atoms with Crippen LogP contribution in [0.2, 0.25) is 0 Å². The van der Waals surface area contributed by atoms with Crippen molar-refractivity contribution >= 4 is 11.8 Å². The summed E-state index contributed by atoms with van der Waals surface area (Å²) in [5.74, 6) is 0.423. The minimum absolute atomic E-state index is 0.225. The molecule has 0 saturated carbocycles. The summed E-state index contributed by atoms with van der Waals surface area (Å²) in [5, 5.41) is 0. The van der Waals surface area contributed by atoms with Crippen molar-refractivity contribution in [2.24, 2.45) is 0 Å². The number of nitrogens with zero attached hydrogens (tertiary/aromatic N) is 2. The van der Waals surface area contributed by atoms with Crippen LogP contribution in [0.25, 0.3) is 22.6 Å². The van der Waals surface area contributed by atoms with Crippen LogP contribution in [0.5, 0.6) is 0 Å². The van der Waals surface area contributed by atoms with Crippen molar-refractivity contribution in [3.63, 3.8) is 0 Å². The normalized spacial score (nSPS) is 17.4. The molecule has 3 heterocycles. The van der Waals surface area contributed by atoms with E-state index in [9.17, 15) is 9.59 Å². The number of nitrogens with one attached hydrogen (secondary N) is 1. The lowest BCUT2D eigenvalue weighted by Crippen LogP contribution is -2.33. The zero-order valence-electron chi connectivity index (χ0n) is 17.6. The number of H-pyrrole nitrogens is 1. The molecular weight excluding hydrogens is 406 g/mol. The molecule has 32 heavy (non-hydrogen) atoms. The molecule has 7 heteroatoms. The third-order valence-electron chi connectivity index (χ3n) is 5.62. The summed E-state index contributed by atoms with van der Waals surface area (Å²) in [6.45, 7) is 3.81. The lowest BCUT2D eigenvalue weighted by Gasteiger charge is -2.29. The van der Waals surface area contributed by atoms with Gasteiger partial charge in [0.1, 0.15) is 17.9 Å². The zero-order valence-corrected chi connectivity index (χ0v) is 17.6. The molecule has 0 radical (unpaired) electrons. The van der Waals surface area contributed by atoms with Crippen LogP contribution in [0, 0.1) is 0 Å². The van der Waals surface area contributed by atoms with Gasteiger partial charge in [0.2, 0.25) is 5.89 Å². The molecular formula is C25H21N3O4. The average Bonchev–Trinajstić information content (AvgIpc) is 3.40. The average molecular weight is 427 g/mol. The number of cyclic esters (lactones) is 1. The molecule has 1 fully saturated rings. The Morgan fingerprint density at radius 2 is 1.75 bits per heavy atom. The monoisotopic (exact) mass is 427 g/mol. The van der Waals surface area contributed by atoms with E-state index in [0.717, 1.165) is 5.56 Å². The van der Waals surface area contributed by atoms with Crippen LogP contribution in [0.4, 0.5) is 10.5 Å². The quantitative estimate of drug-likeness (QED) is 0.485. The Morgan fingerprint density at radius 3 is 2.44 bits per heavy atom. The van der Waals surface area contributed by atoms with Gasteiger partial charge in [0.25, 0.3) is 5.56 Å². The van der Waals surface area contributed by atoms with E-state index in [1.54, 1.807) is 23.4 Å². The van der Waals surface area contributed by atoms with E-state index in [1.807, 2.05) is 68.4 Å². The van der Waals surface area contributed by atoms with Gasteiger partial charge in [0.15, 0.2) is 0 Å². The van der Waals surface area contributed by atoms with Gasteiger partial charge in [0.05, 0.1) is 11.8 Å². The van der Waals surface area contributed by atoms with Crippen molar-refractivity contribution < 1.29 is 13.9 Å². The Kier molecular flexibility index (Phi) is 4.66. The zero-order chi connectivity index (χ0) is 22.3. The Bertz CT molecular complexity index is 1310. The fourth-order valence-corrected chi connectivity index (χ4v) is 4.18. The van der Waals surface area contributed by atoms with Crippen molar-refractivity contribution in [1.82, 2.24) is 9.97 Å². The third-order valence-corrected chi connectivity index (χ3v) is 5.62. The van der Waals surface area contributed by atoms with Gasteiger partial charge in [-0.05, 0) is 43.2 Å². The summed E-state index contributed by atoms with van der Waals surface area (Å²) >= 11 is 0. The molecule has 2 aromatic heterocycles. The van der Waals surface area contributed by atoms with Gasteiger partial charge in [0, 0.05) is 17.4 Å². The molecule has 5 rings (SSSR count). The number of hydrogen-bond donors (Lipinski definition) is 1. The number of oxazole rings is 1. The van der Waals surface area contributed by atoms with Gasteiger partial charge in [-0.15, -0.1) is 0 Å². The Balaban J connectivity index is 1.52. The summed E-state index contributed by atoms with van der Waals surface area (Å²) < 4.78 is 11.0. The number of carbonyl (C=O) groups is 1. The molecule has 2 aromatic carbocycles. The third kappa shape index (κ3) is 3.37. The van der Waals surface area contributed by atoms with Crippen LogP contribution < -0.4 is 10.5 Å². The van der Waals surface area contributed by atoms with Crippen LogP contribution >= 0.6 is 0 Å². The first kappa shape index (κ1) is 19.8. The number of ether oxygens (including phenoxy) is 1. The van der Waals surface area contributed by atoms with Crippen molar-refractivity contribution in [2.75, 3.05) is 4.90 Å². The van der Waals surface area contributed by atoms with Crippen LogP contribution in [-0.4, -0.2) is 21.7 Å². The molecule has 1 unspecified atom stereocenters. The summed E-state index contributed by atoms with van der Waals surface area (Å²) in [6, 6.07) is 18.6. The molecule has 1 saturated heterocycles. The van der Waals surface area contributed by atoms with Crippen LogP contribution in [0.1, 0.15) is 25.5 Å². The highest BCUT2D eigenvalue weighted by atomic mass is 16.6. The first-order valence-electron chi connectivity index (χ1n) is 10.2. The highest BCUT2D eigenvalue weighted by Gasteiger charge is 2.49. The lowest BCUT2D eigenvalue weighted by molar-refractivity contribution is 0.0685. The van der Waals surface area contributed by atoms with Crippen LogP contribution in [0.15, 0.2) is 88.5 Å². The van der Waals surface area contributed by atoms with E-state index in [2.05, 4.69) is 9.97 Å². The van der Waals surface area contributed by atoms with Gasteiger partial charge < -0.3 is 14.1 Å². The molecule has 0 spiro atoms. The standard InChI is InChI=1S/C25H21N3O4/c1-25(2)21(17-6-4-3-5-7-17)28(24(30)32-25)19-10-8-16(9-11-19)20-14-18(15-27-22(20)29)23-26-12-13-31-23/h3-15,21H,1-2H3,(H,27,29). The molecule has 1 aliphatic rings. The maximum atomic E-state index is 12.8. The van der Waals surface area contributed by atoms with Crippen molar-refractivity contribution in [1.29, 1.82) is 0 Å². The SMILES string of the molecule is CC1(C)OC(=O)N(c2ccc(-c3cc(-c4ncco4)c[nH]c3=O)cc2)C1c1ccccc1. The fraction of sp³-hybridized carbons (Fsp3) is 0.160. The maximum absolute atomic E-state index is 12.8. The highest BCUT2D eigenvalue weighted by molar-refractivity contribution is 5.92. The van der Waals surface area contributed by atoms with E-state index in [0.29, 0.717) is 28.3 Å². The molecule has 7 nitrogen and oxygen atoms in total. The number of rotatable bonds is 4. The van der Waals surface area contributed by atoms with E-state index >= 15 is 0 Å².